The molecule has 0 spiro atoms. The Hall–Kier alpha value is -1.86. The number of hydrogen-bond acceptors (Lipinski definition) is 7. The van der Waals surface area contributed by atoms with Gasteiger partial charge in [-0.1, -0.05) is 0 Å². The fourth-order valence-corrected chi connectivity index (χ4v) is 0.981. The first kappa shape index (κ1) is 13.2. The zero-order valence-electron chi connectivity index (χ0n) is 8.92. The Balaban J connectivity index is 2.58. The first-order valence-electron chi connectivity index (χ1n) is 4.83. The highest BCUT2D eigenvalue weighted by Gasteiger charge is 2.17. The Morgan fingerprint density at radius 3 is 2.29 bits per heavy atom. The molecule has 0 saturated carbocycles. The van der Waals surface area contributed by atoms with Crippen molar-refractivity contribution in [3.63, 3.8) is 0 Å². The number of ether oxygens (including phenoxy) is 2. The van der Waals surface area contributed by atoms with Crippen LogP contribution in [-0.2, 0) is 9.47 Å². The third-order valence-electron chi connectivity index (χ3n) is 1.69. The van der Waals surface area contributed by atoms with Crippen LogP contribution in [-0.4, -0.2) is 48.6 Å². The molecule has 0 unspecified atom stereocenters. The molecule has 7 heteroatoms. The fraction of sp³-hybridized carbons (Fsp3) is 0.400. The van der Waals surface area contributed by atoms with E-state index in [-0.39, 0.29) is 37.8 Å². The molecule has 7 nitrogen and oxygen atoms in total. The van der Waals surface area contributed by atoms with E-state index >= 15 is 0 Å². The molecular formula is C10H12O7. The van der Waals surface area contributed by atoms with Crippen LogP contribution in [0.5, 0.6) is 0 Å². The highest BCUT2D eigenvalue weighted by molar-refractivity contribution is 5.93. The number of carbonyl (C=O) groups is 2. The molecule has 0 aliphatic heterocycles. The smallest absolute Gasteiger partial charge is 0.374 e. The maximum absolute atomic E-state index is 11.3. The molecule has 0 aliphatic carbocycles. The summed E-state index contributed by atoms with van der Waals surface area (Å²) in [6.45, 7) is -0.856. The molecule has 17 heavy (non-hydrogen) atoms. The van der Waals surface area contributed by atoms with Crippen LogP contribution in [0.15, 0.2) is 16.7 Å². The summed E-state index contributed by atoms with van der Waals surface area (Å²) in [5.41, 5.74) is 0.0504. The van der Waals surface area contributed by atoms with Crippen molar-refractivity contribution in [3.05, 3.63) is 23.7 Å². The van der Waals surface area contributed by atoms with Crippen LogP contribution in [0.2, 0.25) is 0 Å². The lowest BCUT2D eigenvalue weighted by atomic mass is 10.3. The topological polar surface area (TPSA) is 106 Å². The Morgan fingerprint density at radius 2 is 1.71 bits per heavy atom. The van der Waals surface area contributed by atoms with E-state index < -0.39 is 11.9 Å². The van der Waals surface area contributed by atoms with Gasteiger partial charge in [-0.05, 0) is 0 Å². The van der Waals surface area contributed by atoms with Crippen LogP contribution in [0.25, 0.3) is 0 Å². The Labute approximate surface area is 96.6 Å². The summed E-state index contributed by atoms with van der Waals surface area (Å²) in [6.07, 6.45) is 1.05. The molecule has 1 rings (SSSR count). The van der Waals surface area contributed by atoms with Gasteiger partial charge in [0.1, 0.15) is 19.5 Å². The van der Waals surface area contributed by atoms with Crippen LogP contribution in [0, 0.1) is 0 Å². The lowest BCUT2D eigenvalue weighted by Crippen LogP contribution is -2.09. The Kier molecular flexibility index (Phi) is 5.18. The number of furan rings is 1. The number of rotatable bonds is 6. The van der Waals surface area contributed by atoms with Gasteiger partial charge in [0.2, 0.25) is 5.76 Å². The van der Waals surface area contributed by atoms with Gasteiger partial charge in [0.15, 0.2) is 0 Å². The third-order valence-corrected chi connectivity index (χ3v) is 1.69. The van der Waals surface area contributed by atoms with Gasteiger partial charge < -0.3 is 24.1 Å². The van der Waals surface area contributed by atoms with E-state index in [1.165, 1.54) is 6.07 Å². The van der Waals surface area contributed by atoms with E-state index in [9.17, 15) is 9.59 Å². The first-order chi connectivity index (χ1) is 8.19. The van der Waals surface area contributed by atoms with Crippen molar-refractivity contribution in [2.24, 2.45) is 0 Å². The summed E-state index contributed by atoms with van der Waals surface area (Å²) in [5.74, 6) is -1.64. The predicted molar refractivity (Wildman–Crippen MR) is 53.4 cm³/mol. The summed E-state index contributed by atoms with van der Waals surface area (Å²) in [7, 11) is 0. The molecule has 0 bridgehead atoms. The summed E-state index contributed by atoms with van der Waals surface area (Å²) >= 11 is 0. The van der Waals surface area contributed by atoms with Crippen LogP contribution in [0.1, 0.15) is 20.9 Å². The monoisotopic (exact) mass is 244 g/mol. The van der Waals surface area contributed by atoms with Crippen molar-refractivity contribution in [2.75, 3.05) is 26.4 Å². The van der Waals surface area contributed by atoms with E-state index in [0.29, 0.717) is 0 Å². The SMILES string of the molecule is O=C(OCCO)c1coc(C(=O)OCCO)c1. The molecular weight excluding hydrogens is 232 g/mol. The van der Waals surface area contributed by atoms with Crippen LogP contribution < -0.4 is 0 Å². The van der Waals surface area contributed by atoms with E-state index in [1.54, 1.807) is 0 Å². The number of hydrogen-bond donors (Lipinski definition) is 2. The van der Waals surface area contributed by atoms with Crippen molar-refractivity contribution in [2.45, 2.75) is 0 Å². The molecule has 0 amide bonds. The molecule has 0 radical (unpaired) electrons. The van der Waals surface area contributed by atoms with E-state index in [0.717, 1.165) is 6.26 Å². The van der Waals surface area contributed by atoms with Gasteiger partial charge in [0.05, 0.1) is 18.8 Å². The van der Waals surface area contributed by atoms with Gasteiger partial charge in [-0.25, -0.2) is 9.59 Å². The van der Waals surface area contributed by atoms with Gasteiger partial charge in [-0.15, -0.1) is 0 Å². The van der Waals surface area contributed by atoms with Crippen molar-refractivity contribution >= 4 is 11.9 Å². The second kappa shape index (κ2) is 6.66. The maximum atomic E-state index is 11.3. The third kappa shape index (κ3) is 3.89. The minimum absolute atomic E-state index is 0.0504. The minimum atomic E-state index is -0.778. The van der Waals surface area contributed by atoms with Gasteiger partial charge >= 0.3 is 11.9 Å². The zero-order valence-corrected chi connectivity index (χ0v) is 8.92. The quantitative estimate of drug-likeness (QED) is 0.654. The van der Waals surface area contributed by atoms with Crippen LogP contribution >= 0.6 is 0 Å². The summed E-state index contributed by atoms with van der Waals surface area (Å²) < 4.78 is 14.0. The maximum Gasteiger partial charge on any atom is 0.374 e. The lowest BCUT2D eigenvalue weighted by Gasteiger charge is -1.98. The lowest BCUT2D eigenvalue weighted by molar-refractivity contribution is 0.0397. The molecule has 1 aromatic heterocycles. The molecule has 0 aliphatic rings. The van der Waals surface area contributed by atoms with E-state index in [4.69, 9.17) is 14.6 Å². The molecule has 0 fully saturated rings. The first-order valence-corrected chi connectivity index (χ1v) is 4.83. The number of carbonyl (C=O) groups excluding carboxylic acids is 2. The summed E-state index contributed by atoms with van der Waals surface area (Å²) in [6, 6.07) is 1.17. The molecule has 94 valence electrons. The molecule has 0 atom stereocenters. The summed E-state index contributed by atoms with van der Waals surface area (Å²) in [5, 5.41) is 16.9. The minimum Gasteiger partial charge on any atom is -0.460 e. The Morgan fingerprint density at radius 1 is 1.12 bits per heavy atom. The standard InChI is InChI=1S/C10H12O7/c11-1-3-15-9(13)7-5-8(17-6-7)10(14)16-4-2-12/h5-6,11-12H,1-4H2. The van der Waals surface area contributed by atoms with Gasteiger partial charge in [-0.2, -0.15) is 0 Å². The largest absolute Gasteiger partial charge is 0.460 e. The normalized spacial score (nSPS) is 10.0. The molecule has 0 saturated heterocycles. The molecule has 2 N–H and O–H groups in total. The van der Waals surface area contributed by atoms with Crippen molar-refractivity contribution < 1.29 is 33.7 Å². The van der Waals surface area contributed by atoms with Crippen LogP contribution in [0.4, 0.5) is 0 Å². The number of aliphatic hydroxyl groups excluding tert-OH is 2. The number of aliphatic hydroxyl groups is 2. The van der Waals surface area contributed by atoms with Crippen molar-refractivity contribution in [1.82, 2.24) is 0 Å². The van der Waals surface area contributed by atoms with E-state index in [1.807, 2.05) is 0 Å². The molecule has 1 heterocycles. The van der Waals surface area contributed by atoms with E-state index in [2.05, 4.69) is 9.47 Å². The highest BCUT2D eigenvalue weighted by atomic mass is 16.6. The summed E-state index contributed by atoms with van der Waals surface area (Å²) in [4.78, 5) is 22.5. The fourth-order valence-electron chi connectivity index (χ4n) is 0.981. The van der Waals surface area contributed by atoms with Gasteiger partial charge in [0.25, 0.3) is 0 Å². The average Bonchev–Trinajstić information content (AvgIpc) is 2.82. The van der Waals surface area contributed by atoms with Gasteiger partial charge in [0, 0.05) is 6.07 Å². The van der Waals surface area contributed by atoms with Crippen molar-refractivity contribution in [1.29, 1.82) is 0 Å². The molecule has 0 aromatic carbocycles. The predicted octanol–water partition coefficient (Wildman–Crippen LogP) is -0.422. The second-order valence-electron chi connectivity index (χ2n) is 2.92. The van der Waals surface area contributed by atoms with Crippen molar-refractivity contribution in [3.8, 4) is 0 Å². The van der Waals surface area contributed by atoms with Crippen LogP contribution in [0.3, 0.4) is 0 Å². The van der Waals surface area contributed by atoms with Gasteiger partial charge in [-0.3, -0.25) is 0 Å². The molecule has 1 aromatic rings. The second-order valence-corrected chi connectivity index (χ2v) is 2.92. The zero-order chi connectivity index (χ0) is 12.7. The average molecular weight is 244 g/mol. The number of esters is 2. The highest BCUT2D eigenvalue weighted by Crippen LogP contribution is 2.10. The Bertz CT molecular complexity index is 347.